The minimum atomic E-state index is -0.637. The maximum absolute atomic E-state index is 10.7. The minimum absolute atomic E-state index is 0.167. The van der Waals surface area contributed by atoms with Gasteiger partial charge in [-0.1, -0.05) is 0 Å². The average molecular weight is 176 g/mol. The maximum Gasteiger partial charge on any atom is 0.361 e. The highest BCUT2D eigenvalue weighted by molar-refractivity contribution is 5.82. The summed E-state index contributed by atoms with van der Waals surface area (Å²) in [5.41, 5.74) is 0. The van der Waals surface area contributed by atoms with E-state index < -0.39 is 5.97 Å². The van der Waals surface area contributed by atoms with E-state index in [2.05, 4.69) is 20.4 Å². The van der Waals surface area contributed by atoms with Crippen LogP contribution in [0.15, 0.2) is 0 Å². The van der Waals surface area contributed by atoms with Crippen molar-refractivity contribution in [1.82, 2.24) is 10.6 Å². The molecule has 12 heavy (non-hydrogen) atoms. The van der Waals surface area contributed by atoms with E-state index in [4.69, 9.17) is 0 Å². The van der Waals surface area contributed by atoms with Crippen molar-refractivity contribution in [3.05, 3.63) is 0 Å². The van der Waals surface area contributed by atoms with Crippen LogP contribution in [0.4, 0.5) is 0 Å². The smallest absolute Gasteiger partial charge is 0.344 e. The highest BCUT2D eigenvalue weighted by Crippen LogP contribution is 1.74. The second kappa shape index (κ2) is 6.56. The van der Waals surface area contributed by atoms with Crippen LogP contribution < -0.4 is 10.6 Å². The first-order valence-electron chi connectivity index (χ1n) is 3.35. The summed E-state index contributed by atoms with van der Waals surface area (Å²) in [7, 11) is 2.85. The third-order valence-electron chi connectivity index (χ3n) is 0.944. The van der Waals surface area contributed by atoms with Crippen LogP contribution in [-0.4, -0.2) is 39.1 Å². The molecule has 0 aromatic heterocycles. The topological polar surface area (TPSA) is 76.7 Å². The number of carbonyl (C=O) groups is 2. The summed E-state index contributed by atoms with van der Waals surface area (Å²) >= 11 is 0. The summed E-state index contributed by atoms with van der Waals surface area (Å²) in [4.78, 5) is 29.5. The fourth-order valence-corrected chi connectivity index (χ4v) is 0.516. The molecule has 0 radical (unpaired) electrons. The standard InChI is InChI=1S/C6H12N2O4/c1-7-3-5(9)8-4-6(10)12-11-2/h7H,3-4H2,1-2H3,(H,8,9). The van der Waals surface area contributed by atoms with Crippen molar-refractivity contribution in [2.45, 2.75) is 0 Å². The Labute approximate surface area is 70.1 Å². The summed E-state index contributed by atoms with van der Waals surface area (Å²) in [5.74, 6) is -0.910. The molecule has 6 nitrogen and oxygen atoms in total. The van der Waals surface area contributed by atoms with Crippen molar-refractivity contribution in [2.24, 2.45) is 0 Å². The molecule has 0 heterocycles. The predicted octanol–water partition coefficient (Wildman–Crippen LogP) is -1.57. The third kappa shape index (κ3) is 5.63. The summed E-state index contributed by atoms with van der Waals surface area (Å²) < 4.78 is 0. The van der Waals surface area contributed by atoms with Gasteiger partial charge in [0.25, 0.3) is 0 Å². The van der Waals surface area contributed by atoms with Gasteiger partial charge in [0.1, 0.15) is 6.54 Å². The molecular formula is C6H12N2O4. The lowest BCUT2D eigenvalue weighted by Crippen LogP contribution is -2.36. The Hall–Kier alpha value is -1.14. The minimum Gasteiger partial charge on any atom is -0.344 e. The van der Waals surface area contributed by atoms with E-state index in [0.717, 1.165) is 0 Å². The molecule has 0 saturated carbocycles. The summed E-state index contributed by atoms with van der Waals surface area (Å²) in [5, 5.41) is 4.94. The van der Waals surface area contributed by atoms with Gasteiger partial charge in [0, 0.05) is 0 Å². The number of carbonyl (C=O) groups excluding carboxylic acids is 2. The van der Waals surface area contributed by atoms with Gasteiger partial charge in [0.15, 0.2) is 0 Å². The number of amides is 1. The van der Waals surface area contributed by atoms with Crippen LogP contribution in [-0.2, 0) is 19.4 Å². The van der Waals surface area contributed by atoms with Crippen LogP contribution in [0.5, 0.6) is 0 Å². The average Bonchev–Trinajstić information content (AvgIpc) is 2.02. The normalized spacial score (nSPS) is 9.17. The highest BCUT2D eigenvalue weighted by Gasteiger charge is 2.05. The summed E-state index contributed by atoms with van der Waals surface area (Å²) in [6, 6.07) is 0. The molecule has 0 rings (SSSR count). The number of nitrogens with one attached hydrogen (secondary N) is 2. The van der Waals surface area contributed by atoms with Gasteiger partial charge in [0.2, 0.25) is 5.91 Å². The van der Waals surface area contributed by atoms with Crippen molar-refractivity contribution < 1.29 is 19.4 Å². The Morgan fingerprint density at radius 1 is 1.33 bits per heavy atom. The SMILES string of the molecule is CNCC(=O)NCC(=O)OOC. The number of hydrogen-bond donors (Lipinski definition) is 2. The monoisotopic (exact) mass is 176 g/mol. The highest BCUT2D eigenvalue weighted by atomic mass is 17.2. The molecule has 0 unspecified atom stereocenters. The molecule has 0 saturated heterocycles. The molecule has 0 spiro atoms. The molecule has 0 fully saturated rings. The molecule has 0 aromatic carbocycles. The fraction of sp³-hybridized carbons (Fsp3) is 0.667. The Morgan fingerprint density at radius 2 is 2.00 bits per heavy atom. The van der Waals surface area contributed by atoms with Gasteiger partial charge in [0.05, 0.1) is 13.7 Å². The van der Waals surface area contributed by atoms with E-state index in [9.17, 15) is 9.59 Å². The van der Waals surface area contributed by atoms with Gasteiger partial charge in [-0.05, 0) is 7.05 Å². The van der Waals surface area contributed by atoms with Crippen molar-refractivity contribution in [1.29, 1.82) is 0 Å². The lowest BCUT2D eigenvalue weighted by molar-refractivity contribution is -0.253. The molecular weight excluding hydrogens is 164 g/mol. The van der Waals surface area contributed by atoms with Gasteiger partial charge in [-0.15, -0.1) is 0 Å². The molecule has 0 aliphatic rings. The number of likely N-dealkylation sites (N-methyl/N-ethyl adjacent to an activating group) is 1. The Morgan fingerprint density at radius 3 is 2.50 bits per heavy atom. The predicted molar refractivity (Wildman–Crippen MR) is 40.0 cm³/mol. The maximum atomic E-state index is 10.7. The van der Waals surface area contributed by atoms with Crippen molar-refractivity contribution >= 4 is 11.9 Å². The van der Waals surface area contributed by atoms with Gasteiger partial charge in [-0.3, -0.25) is 9.68 Å². The molecule has 1 amide bonds. The Balaban J connectivity index is 3.40. The van der Waals surface area contributed by atoms with Crippen molar-refractivity contribution in [2.75, 3.05) is 27.2 Å². The van der Waals surface area contributed by atoms with Gasteiger partial charge >= 0.3 is 5.97 Å². The van der Waals surface area contributed by atoms with Crippen LogP contribution in [0, 0.1) is 0 Å². The molecule has 0 aliphatic heterocycles. The Bertz CT molecular complexity index is 142. The molecule has 0 aliphatic carbocycles. The van der Waals surface area contributed by atoms with Crippen molar-refractivity contribution in [3.8, 4) is 0 Å². The summed E-state index contributed by atoms with van der Waals surface area (Å²) in [6.07, 6.45) is 0. The molecule has 0 bridgehead atoms. The molecule has 0 aromatic rings. The zero-order valence-corrected chi connectivity index (χ0v) is 7.05. The zero-order chi connectivity index (χ0) is 9.40. The fourth-order valence-electron chi connectivity index (χ4n) is 0.516. The quantitative estimate of drug-likeness (QED) is 0.391. The van der Waals surface area contributed by atoms with E-state index in [1.165, 1.54) is 7.11 Å². The molecule has 6 heteroatoms. The van der Waals surface area contributed by atoms with E-state index in [0.29, 0.717) is 0 Å². The first kappa shape index (κ1) is 10.9. The summed E-state index contributed by atoms with van der Waals surface area (Å²) in [6.45, 7) is -0.0192. The van der Waals surface area contributed by atoms with Crippen LogP contribution >= 0.6 is 0 Å². The first-order chi connectivity index (χ1) is 5.70. The lowest BCUT2D eigenvalue weighted by atomic mass is 10.5. The van der Waals surface area contributed by atoms with E-state index in [1.54, 1.807) is 7.05 Å². The first-order valence-corrected chi connectivity index (χ1v) is 3.35. The number of rotatable bonds is 5. The Kier molecular flexibility index (Phi) is 5.94. The largest absolute Gasteiger partial charge is 0.361 e. The van der Waals surface area contributed by atoms with Crippen LogP contribution in [0.25, 0.3) is 0 Å². The van der Waals surface area contributed by atoms with Gasteiger partial charge in [-0.25, -0.2) is 4.79 Å². The van der Waals surface area contributed by atoms with E-state index in [1.807, 2.05) is 0 Å². The third-order valence-corrected chi connectivity index (χ3v) is 0.944. The number of hydrogen-bond acceptors (Lipinski definition) is 5. The van der Waals surface area contributed by atoms with Crippen LogP contribution in [0.2, 0.25) is 0 Å². The second-order valence-corrected chi connectivity index (χ2v) is 1.93. The van der Waals surface area contributed by atoms with Gasteiger partial charge in [-0.2, -0.15) is 4.89 Å². The van der Waals surface area contributed by atoms with Gasteiger partial charge < -0.3 is 10.6 Å². The van der Waals surface area contributed by atoms with E-state index >= 15 is 0 Å². The van der Waals surface area contributed by atoms with Crippen LogP contribution in [0.1, 0.15) is 0 Å². The zero-order valence-electron chi connectivity index (χ0n) is 7.05. The lowest BCUT2D eigenvalue weighted by Gasteiger charge is -2.02. The van der Waals surface area contributed by atoms with Crippen molar-refractivity contribution in [3.63, 3.8) is 0 Å². The molecule has 2 N–H and O–H groups in total. The van der Waals surface area contributed by atoms with E-state index in [-0.39, 0.29) is 19.0 Å². The molecule has 70 valence electrons. The molecule has 0 atom stereocenters. The second-order valence-electron chi connectivity index (χ2n) is 1.93. The van der Waals surface area contributed by atoms with Crippen LogP contribution in [0.3, 0.4) is 0 Å².